The summed E-state index contributed by atoms with van der Waals surface area (Å²) in [4.78, 5) is 0. The summed E-state index contributed by atoms with van der Waals surface area (Å²) in [5.41, 5.74) is 1.58. The highest BCUT2D eigenvalue weighted by molar-refractivity contribution is 5.43. The van der Waals surface area contributed by atoms with E-state index in [1.54, 1.807) is 37.4 Å². The zero-order chi connectivity index (χ0) is 14.1. The molecule has 20 heavy (non-hydrogen) atoms. The van der Waals surface area contributed by atoms with Crippen LogP contribution < -0.4 is 9.47 Å². The van der Waals surface area contributed by atoms with Crippen molar-refractivity contribution in [2.24, 2.45) is 0 Å². The lowest BCUT2D eigenvalue weighted by atomic mass is 9.95. The van der Waals surface area contributed by atoms with E-state index in [0.717, 1.165) is 11.1 Å². The normalized spacial score (nSPS) is 20.9. The molecule has 3 rings (SSSR count). The smallest absolute Gasteiger partial charge is 0.127 e. The first-order chi connectivity index (χ1) is 9.67. The van der Waals surface area contributed by atoms with Crippen molar-refractivity contribution >= 4 is 0 Å². The van der Waals surface area contributed by atoms with Crippen LogP contribution in [0.15, 0.2) is 42.5 Å². The highest BCUT2D eigenvalue weighted by Crippen LogP contribution is 2.42. The lowest BCUT2D eigenvalue weighted by Gasteiger charge is -2.30. The Hall–Kier alpha value is -2.07. The van der Waals surface area contributed by atoms with Crippen molar-refractivity contribution in [1.29, 1.82) is 0 Å². The highest BCUT2D eigenvalue weighted by Gasteiger charge is 2.28. The molecule has 104 valence electrons. The summed E-state index contributed by atoms with van der Waals surface area (Å²) in [7, 11) is 1.58. The molecule has 2 aromatic rings. The Morgan fingerprint density at radius 2 is 1.95 bits per heavy atom. The van der Waals surface area contributed by atoms with Crippen molar-refractivity contribution in [2.75, 3.05) is 7.11 Å². The van der Waals surface area contributed by atoms with Gasteiger partial charge in [0.05, 0.1) is 13.2 Å². The third-order valence-electron chi connectivity index (χ3n) is 3.52. The second-order valence-electron chi connectivity index (χ2n) is 4.81. The maximum absolute atomic E-state index is 12.9. The Kier molecular flexibility index (Phi) is 3.32. The van der Waals surface area contributed by atoms with Gasteiger partial charge in [0.15, 0.2) is 0 Å². The van der Waals surface area contributed by atoms with Crippen LogP contribution in [0.25, 0.3) is 0 Å². The van der Waals surface area contributed by atoms with Gasteiger partial charge in [0.25, 0.3) is 0 Å². The van der Waals surface area contributed by atoms with Gasteiger partial charge in [-0.05, 0) is 35.9 Å². The van der Waals surface area contributed by atoms with Gasteiger partial charge in [-0.25, -0.2) is 4.39 Å². The topological polar surface area (TPSA) is 38.7 Å². The van der Waals surface area contributed by atoms with E-state index in [1.165, 1.54) is 12.1 Å². The monoisotopic (exact) mass is 274 g/mol. The van der Waals surface area contributed by atoms with Crippen molar-refractivity contribution in [3.05, 3.63) is 59.4 Å². The molecule has 0 amide bonds. The lowest BCUT2D eigenvalue weighted by Crippen LogP contribution is -2.19. The number of hydrogen-bond donors (Lipinski definition) is 1. The van der Waals surface area contributed by atoms with Gasteiger partial charge in [0.2, 0.25) is 0 Å². The van der Waals surface area contributed by atoms with E-state index in [9.17, 15) is 9.50 Å². The number of aliphatic hydroxyl groups is 1. The molecule has 0 aliphatic carbocycles. The SMILES string of the molecule is COc1ccc2c(c1)C(O)CC(c1ccc(F)cc1)O2. The number of fused-ring (bicyclic) bond motifs is 1. The highest BCUT2D eigenvalue weighted by atomic mass is 19.1. The molecule has 0 fully saturated rings. The summed E-state index contributed by atoms with van der Waals surface area (Å²) >= 11 is 0. The quantitative estimate of drug-likeness (QED) is 0.912. The minimum absolute atomic E-state index is 0.272. The first-order valence-electron chi connectivity index (χ1n) is 6.45. The van der Waals surface area contributed by atoms with Crippen LogP contribution in [-0.4, -0.2) is 12.2 Å². The molecule has 0 spiro atoms. The van der Waals surface area contributed by atoms with Crippen LogP contribution in [0.3, 0.4) is 0 Å². The molecule has 1 N–H and O–H groups in total. The summed E-state index contributed by atoms with van der Waals surface area (Å²) in [5, 5.41) is 10.3. The molecule has 4 heteroatoms. The maximum Gasteiger partial charge on any atom is 0.127 e. The Balaban J connectivity index is 1.90. The molecule has 2 aromatic carbocycles. The summed E-state index contributed by atoms with van der Waals surface area (Å²) in [6.07, 6.45) is -0.457. The molecule has 1 heterocycles. The fourth-order valence-corrected chi connectivity index (χ4v) is 2.43. The third-order valence-corrected chi connectivity index (χ3v) is 3.52. The van der Waals surface area contributed by atoms with Gasteiger partial charge in [0.1, 0.15) is 23.4 Å². The van der Waals surface area contributed by atoms with Gasteiger partial charge >= 0.3 is 0 Å². The van der Waals surface area contributed by atoms with Crippen LogP contribution in [0.5, 0.6) is 11.5 Å². The van der Waals surface area contributed by atoms with Crippen molar-refractivity contribution in [1.82, 2.24) is 0 Å². The fourth-order valence-electron chi connectivity index (χ4n) is 2.43. The van der Waals surface area contributed by atoms with Crippen LogP contribution in [0.2, 0.25) is 0 Å². The van der Waals surface area contributed by atoms with Gasteiger partial charge in [-0.2, -0.15) is 0 Å². The van der Waals surface area contributed by atoms with Gasteiger partial charge in [-0.1, -0.05) is 12.1 Å². The zero-order valence-corrected chi connectivity index (χ0v) is 11.0. The summed E-state index contributed by atoms with van der Waals surface area (Å²) in [5.74, 6) is 1.04. The number of benzene rings is 2. The molecule has 0 bridgehead atoms. The van der Waals surface area contributed by atoms with Gasteiger partial charge in [-0.3, -0.25) is 0 Å². The van der Waals surface area contributed by atoms with Gasteiger partial charge in [0, 0.05) is 12.0 Å². The first-order valence-corrected chi connectivity index (χ1v) is 6.45. The first kappa shape index (κ1) is 12.9. The molecule has 0 aromatic heterocycles. The number of aliphatic hydroxyl groups excluding tert-OH is 1. The second kappa shape index (κ2) is 5.13. The molecule has 1 aliphatic rings. The van der Waals surface area contributed by atoms with Gasteiger partial charge < -0.3 is 14.6 Å². The van der Waals surface area contributed by atoms with Crippen molar-refractivity contribution in [2.45, 2.75) is 18.6 Å². The number of halogens is 1. The Bertz CT molecular complexity index is 610. The minimum Gasteiger partial charge on any atom is -0.497 e. The molecule has 2 unspecified atom stereocenters. The Morgan fingerprint density at radius 3 is 2.65 bits per heavy atom. The van der Waals surface area contributed by atoms with Crippen LogP contribution in [0.4, 0.5) is 4.39 Å². The molecule has 1 aliphatic heterocycles. The van der Waals surface area contributed by atoms with E-state index in [-0.39, 0.29) is 11.9 Å². The fraction of sp³-hybridized carbons (Fsp3) is 0.250. The molecule has 0 saturated carbocycles. The second-order valence-corrected chi connectivity index (χ2v) is 4.81. The standard InChI is InChI=1S/C16H15FO3/c1-19-12-6-7-15-13(8-12)14(18)9-16(20-15)10-2-4-11(17)5-3-10/h2-8,14,16,18H,9H2,1H3. The van der Waals surface area contributed by atoms with Crippen molar-refractivity contribution in [3.8, 4) is 11.5 Å². The molecular weight excluding hydrogens is 259 g/mol. The minimum atomic E-state index is -0.621. The summed E-state index contributed by atoms with van der Waals surface area (Å²) in [6, 6.07) is 11.5. The summed E-state index contributed by atoms with van der Waals surface area (Å²) in [6.45, 7) is 0. The average molecular weight is 274 g/mol. The van der Waals surface area contributed by atoms with E-state index in [1.807, 2.05) is 0 Å². The molecule has 2 atom stereocenters. The predicted octanol–water partition coefficient (Wildman–Crippen LogP) is 3.39. The van der Waals surface area contributed by atoms with E-state index in [0.29, 0.717) is 17.9 Å². The van der Waals surface area contributed by atoms with E-state index < -0.39 is 6.10 Å². The average Bonchev–Trinajstić information content (AvgIpc) is 2.47. The Labute approximate surface area is 116 Å². The maximum atomic E-state index is 12.9. The molecule has 0 saturated heterocycles. The Morgan fingerprint density at radius 1 is 1.20 bits per heavy atom. The van der Waals surface area contributed by atoms with Crippen LogP contribution >= 0.6 is 0 Å². The molecule has 0 radical (unpaired) electrons. The van der Waals surface area contributed by atoms with Crippen LogP contribution in [-0.2, 0) is 0 Å². The molecular formula is C16H15FO3. The van der Waals surface area contributed by atoms with Crippen molar-refractivity contribution < 1.29 is 19.0 Å². The van der Waals surface area contributed by atoms with E-state index >= 15 is 0 Å². The van der Waals surface area contributed by atoms with Crippen LogP contribution in [0.1, 0.15) is 29.8 Å². The number of ether oxygens (including phenoxy) is 2. The third kappa shape index (κ3) is 2.34. The van der Waals surface area contributed by atoms with Crippen LogP contribution in [0, 0.1) is 5.82 Å². The van der Waals surface area contributed by atoms with E-state index in [2.05, 4.69) is 0 Å². The van der Waals surface area contributed by atoms with Gasteiger partial charge in [-0.15, -0.1) is 0 Å². The largest absolute Gasteiger partial charge is 0.497 e. The molecule has 3 nitrogen and oxygen atoms in total. The number of methoxy groups -OCH3 is 1. The number of hydrogen-bond acceptors (Lipinski definition) is 3. The zero-order valence-electron chi connectivity index (χ0n) is 11.0. The lowest BCUT2D eigenvalue weighted by molar-refractivity contribution is 0.0654. The van der Waals surface area contributed by atoms with E-state index in [4.69, 9.17) is 9.47 Å². The number of rotatable bonds is 2. The van der Waals surface area contributed by atoms with Crippen molar-refractivity contribution in [3.63, 3.8) is 0 Å². The summed E-state index contributed by atoms with van der Waals surface area (Å²) < 4.78 is 24.0. The predicted molar refractivity (Wildman–Crippen MR) is 72.3 cm³/mol.